The summed E-state index contributed by atoms with van der Waals surface area (Å²) < 4.78 is 0. The van der Waals surface area contributed by atoms with E-state index in [1.54, 1.807) is 0 Å². The minimum atomic E-state index is 0. The molecule has 0 radical (unpaired) electrons. The van der Waals surface area contributed by atoms with Gasteiger partial charge in [-0.05, 0) is 43.6 Å². The number of rotatable bonds is 2. The molecule has 0 aromatic heterocycles. The number of hydrogen-bond acceptors (Lipinski definition) is 1. The second kappa shape index (κ2) is 7.34. The fraction of sp³-hybridized carbons (Fsp3) is 0.455. The number of benzene rings is 1. The third-order valence-corrected chi connectivity index (χ3v) is 2.77. The molecule has 86 valence electrons. The number of likely N-dealkylation sites (tertiary alicyclic amines) is 1. The van der Waals surface area contributed by atoms with Crippen LogP contribution in [0.4, 0.5) is 0 Å². The van der Waals surface area contributed by atoms with Crippen molar-refractivity contribution in [3.63, 3.8) is 0 Å². The molecule has 1 fully saturated rings. The van der Waals surface area contributed by atoms with Crippen LogP contribution in [0.3, 0.4) is 0 Å². The van der Waals surface area contributed by atoms with Gasteiger partial charge < -0.3 is 0 Å². The average molecular weight is 269 g/mol. The zero-order valence-electron chi connectivity index (χ0n) is 8.49. The highest BCUT2D eigenvalue weighted by Crippen LogP contribution is 2.14. The van der Waals surface area contributed by atoms with Crippen molar-refractivity contribution < 1.29 is 0 Å². The Kier molecular flexibility index (Phi) is 7.37. The molecular formula is C11H16Cl3N. The lowest BCUT2D eigenvalue weighted by Gasteiger charge is -2.14. The first-order valence-electron chi connectivity index (χ1n) is 4.81. The van der Waals surface area contributed by atoms with Gasteiger partial charge in [-0.2, -0.15) is 0 Å². The summed E-state index contributed by atoms with van der Waals surface area (Å²) in [5.74, 6) is 0. The van der Waals surface area contributed by atoms with Crippen molar-refractivity contribution in [3.8, 4) is 0 Å². The molecule has 1 aromatic carbocycles. The van der Waals surface area contributed by atoms with Gasteiger partial charge in [-0.25, -0.2) is 0 Å². The summed E-state index contributed by atoms with van der Waals surface area (Å²) in [5, 5.41) is 0.824. The van der Waals surface area contributed by atoms with Crippen molar-refractivity contribution in [3.05, 3.63) is 34.9 Å². The molecule has 1 nitrogen and oxygen atoms in total. The van der Waals surface area contributed by atoms with Gasteiger partial charge in [-0.15, -0.1) is 24.8 Å². The Labute approximate surface area is 109 Å². The Morgan fingerprint density at radius 2 is 1.53 bits per heavy atom. The molecule has 0 saturated carbocycles. The predicted octanol–water partition coefficient (Wildman–Crippen LogP) is 3.78. The summed E-state index contributed by atoms with van der Waals surface area (Å²) in [6, 6.07) is 8.15. The van der Waals surface area contributed by atoms with Gasteiger partial charge in [0.25, 0.3) is 0 Å². The van der Waals surface area contributed by atoms with E-state index in [1.807, 2.05) is 12.1 Å². The van der Waals surface area contributed by atoms with E-state index < -0.39 is 0 Å². The van der Waals surface area contributed by atoms with Gasteiger partial charge in [0.05, 0.1) is 0 Å². The molecule has 0 atom stereocenters. The van der Waals surface area contributed by atoms with Gasteiger partial charge in [0.1, 0.15) is 0 Å². The predicted molar refractivity (Wildman–Crippen MR) is 70.5 cm³/mol. The molecule has 1 saturated heterocycles. The minimum Gasteiger partial charge on any atom is -0.299 e. The highest BCUT2D eigenvalue weighted by Gasteiger charge is 2.10. The molecule has 2 rings (SSSR count). The molecule has 0 spiro atoms. The van der Waals surface area contributed by atoms with Crippen molar-refractivity contribution in [1.29, 1.82) is 0 Å². The quantitative estimate of drug-likeness (QED) is 0.789. The van der Waals surface area contributed by atoms with E-state index in [4.69, 9.17) is 11.6 Å². The Morgan fingerprint density at radius 3 is 2.07 bits per heavy atom. The maximum absolute atomic E-state index is 5.81. The van der Waals surface area contributed by atoms with E-state index in [0.29, 0.717) is 0 Å². The fourth-order valence-electron chi connectivity index (χ4n) is 1.79. The third kappa shape index (κ3) is 4.60. The smallest absolute Gasteiger partial charge is 0.0406 e. The second-order valence-corrected chi connectivity index (χ2v) is 4.05. The molecule has 1 aromatic rings. The van der Waals surface area contributed by atoms with Crippen molar-refractivity contribution >= 4 is 36.4 Å². The molecule has 1 aliphatic rings. The monoisotopic (exact) mass is 267 g/mol. The Bertz CT molecular complexity index is 268. The molecule has 1 heterocycles. The summed E-state index contributed by atoms with van der Waals surface area (Å²) >= 11 is 5.81. The standard InChI is InChI=1S/C11H14ClN.2ClH/c12-11-5-3-10(4-6-11)9-13-7-1-2-8-13;;/h3-6H,1-2,7-9H2;2*1H. The normalized spacial score (nSPS) is 15.5. The Balaban J connectivity index is 0.000000980. The second-order valence-electron chi connectivity index (χ2n) is 3.61. The largest absolute Gasteiger partial charge is 0.299 e. The van der Waals surface area contributed by atoms with E-state index in [9.17, 15) is 0 Å². The zero-order chi connectivity index (χ0) is 9.10. The van der Waals surface area contributed by atoms with Crippen LogP contribution < -0.4 is 0 Å². The third-order valence-electron chi connectivity index (χ3n) is 2.52. The number of nitrogens with zero attached hydrogens (tertiary/aromatic N) is 1. The first-order valence-corrected chi connectivity index (χ1v) is 5.19. The topological polar surface area (TPSA) is 3.24 Å². The molecule has 0 aliphatic carbocycles. The van der Waals surface area contributed by atoms with E-state index in [1.165, 1.54) is 31.5 Å². The van der Waals surface area contributed by atoms with E-state index in [0.717, 1.165) is 11.6 Å². The number of halogens is 3. The van der Waals surface area contributed by atoms with Crippen LogP contribution in [0.25, 0.3) is 0 Å². The summed E-state index contributed by atoms with van der Waals surface area (Å²) in [7, 11) is 0. The molecule has 0 unspecified atom stereocenters. The first kappa shape index (κ1) is 15.0. The van der Waals surface area contributed by atoms with E-state index in [-0.39, 0.29) is 24.8 Å². The Morgan fingerprint density at radius 1 is 1.00 bits per heavy atom. The first-order chi connectivity index (χ1) is 6.34. The van der Waals surface area contributed by atoms with Gasteiger partial charge in [0.15, 0.2) is 0 Å². The van der Waals surface area contributed by atoms with Crippen LogP contribution >= 0.6 is 36.4 Å². The lowest BCUT2D eigenvalue weighted by Crippen LogP contribution is -2.18. The van der Waals surface area contributed by atoms with Crippen LogP contribution in [0, 0.1) is 0 Å². The van der Waals surface area contributed by atoms with Gasteiger partial charge >= 0.3 is 0 Å². The van der Waals surface area contributed by atoms with Crippen molar-refractivity contribution in [1.82, 2.24) is 4.90 Å². The van der Waals surface area contributed by atoms with Crippen LogP contribution in [0.1, 0.15) is 18.4 Å². The van der Waals surface area contributed by atoms with Crippen molar-refractivity contribution in [2.24, 2.45) is 0 Å². The summed E-state index contributed by atoms with van der Waals surface area (Å²) in [5.41, 5.74) is 1.37. The van der Waals surface area contributed by atoms with Crippen LogP contribution in [0.5, 0.6) is 0 Å². The molecule has 0 N–H and O–H groups in total. The molecule has 0 amide bonds. The van der Waals surface area contributed by atoms with Gasteiger partial charge in [0, 0.05) is 11.6 Å². The SMILES string of the molecule is Cl.Cl.Clc1ccc(CN2CCCC2)cc1. The summed E-state index contributed by atoms with van der Waals surface area (Å²) in [6.45, 7) is 3.59. The minimum absolute atomic E-state index is 0. The molecule has 4 heteroatoms. The molecule has 0 bridgehead atoms. The van der Waals surface area contributed by atoms with Gasteiger partial charge in [-0.1, -0.05) is 23.7 Å². The highest BCUT2D eigenvalue weighted by atomic mass is 35.5. The van der Waals surface area contributed by atoms with Gasteiger partial charge in [0.2, 0.25) is 0 Å². The summed E-state index contributed by atoms with van der Waals surface area (Å²) in [4.78, 5) is 2.49. The maximum Gasteiger partial charge on any atom is 0.0406 e. The zero-order valence-corrected chi connectivity index (χ0v) is 10.9. The van der Waals surface area contributed by atoms with Crippen LogP contribution in [0.2, 0.25) is 5.02 Å². The van der Waals surface area contributed by atoms with Crippen LogP contribution in [0.15, 0.2) is 24.3 Å². The maximum atomic E-state index is 5.81. The summed E-state index contributed by atoms with van der Waals surface area (Å²) in [6.07, 6.45) is 2.71. The van der Waals surface area contributed by atoms with Crippen molar-refractivity contribution in [2.45, 2.75) is 19.4 Å². The highest BCUT2D eigenvalue weighted by molar-refractivity contribution is 6.30. The average Bonchev–Trinajstić information content (AvgIpc) is 2.62. The van der Waals surface area contributed by atoms with E-state index in [2.05, 4.69) is 17.0 Å². The molecule has 15 heavy (non-hydrogen) atoms. The van der Waals surface area contributed by atoms with Gasteiger partial charge in [-0.3, -0.25) is 4.90 Å². The molecular weight excluding hydrogens is 252 g/mol. The lowest BCUT2D eigenvalue weighted by molar-refractivity contribution is 0.331. The number of hydrogen-bond donors (Lipinski definition) is 0. The van der Waals surface area contributed by atoms with E-state index >= 15 is 0 Å². The van der Waals surface area contributed by atoms with Crippen molar-refractivity contribution in [2.75, 3.05) is 13.1 Å². The van der Waals surface area contributed by atoms with Crippen LogP contribution in [-0.2, 0) is 6.54 Å². The van der Waals surface area contributed by atoms with Crippen LogP contribution in [-0.4, -0.2) is 18.0 Å². The Hall–Kier alpha value is 0.0500. The lowest BCUT2D eigenvalue weighted by atomic mass is 10.2. The fourth-order valence-corrected chi connectivity index (χ4v) is 1.91. The molecule has 1 aliphatic heterocycles.